The summed E-state index contributed by atoms with van der Waals surface area (Å²) >= 11 is 0. The van der Waals surface area contributed by atoms with E-state index in [1.54, 1.807) is 4.90 Å². The Bertz CT molecular complexity index is 448. The van der Waals surface area contributed by atoms with Gasteiger partial charge in [-0.1, -0.05) is 29.8 Å². The predicted octanol–water partition coefficient (Wildman–Crippen LogP) is 1.62. The van der Waals surface area contributed by atoms with Crippen LogP contribution in [0.5, 0.6) is 0 Å². The van der Waals surface area contributed by atoms with E-state index < -0.39 is 0 Å². The van der Waals surface area contributed by atoms with Crippen molar-refractivity contribution < 1.29 is 9.59 Å². The Morgan fingerprint density at radius 2 is 1.79 bits per heavy atom. The van der Waals surface area contributed by atoms with Gasteiger partial charge in [-0.2, -0.15) is 0 Å². The summed E-state index contributed by atoms with van der Waals surface area (Å²) in [6.07, 6.45) is 2.07. The normalized spacial score (nSPS) is 14.5. The number of nitrogens with one attached hydrogen (secondary N) is 1. The molecule has 1 saturated heterocycles. The van der Waals surface area contributed by atoms with Crippen LogP contribution < -0.4 is 5.32 Å². The first-order chi connectivity index (χ1) is 9.15. The number of hydrogen-bond acceptors (Lipinski definition) is 2. The van der Waals surface area contributed by atoms with Crippen LogP contribution in [0.3, 0.4) is 0 Å². The molecule has 0 bridgehead atoms. The summed E-state index contributed by atoms with van der Waals surface area (Å²) in [7, 11) is 0. The molecule has 4 heteroatoms. The maximum Gasteiger partial charge on any atom is 0.232 e. The van der Waals surface area contributed by atoms with Gasteiger partial charge in [0.05, 0.1) is 0 Å². The van der Waals surface area contributed by atoms with Crippen molar-refractivity contribution in [1.82, 2.24) is 10.2 Å². The summed E-state index contributed by atoms with van der Waals surface area (Å²) < 4.78 is 0. The number of nitrogens with zero attached hydrogens (tertiary/aromatic N) is 1. The van der Waals surface area contributed by atoms with Gasteiger partial charge in [-0.15, -0.1) is 0 Å². The Kier molecular flexibility index (Phi) is 4.55. The molecule has 2 rings (SSSR count). The molecular formula is C15H20N2O2. The van der Waals surface area contributed by atoms with Gasteiger partial charge in [-0.05, 0) is 25.3 Å². The molecule has 19 heavy (non-hydrogen) atoms. The average Bonchev–Trinajstić information content (AvgIpc) is 2.92. The SMILES string of the molecule is Cc1ccc(CNC(=O)CC(=O)N2CCCC2)cc1. The third-order valence-corrected chi connectivity index (χ3v) is 3.38. The van der Waals surface area contributed by atoms with Gasteiger partial charge in [0.15, 0.2) is 0 Å². The van der Waals surface area contributed by atoms with Crippen molar-refractivity contribution in [2.45, 2.75) is 32.7 Å². The lowest BCUT2D eigenvalue weighted by Gasteiger charge is -2.14. The monoisotopic (exact) mass is 260 g/mol. The van der Waals surface area contributed by atoms with E-state index in [1.165, 1.54) is 5.56 Å². The molecule has 0 unspecified atom stereocenters. The third-order valence-electron chi connectivity index (χ3n) is 3.38. The molecule has 102 valence electrons. The van der Waals surface area contributed by atoms with Crippen LogP contribution in [-0.4, -0.2) is 29.8 Å². The molecule has 0 saturated carbocycles. The van der Waals surface area contributed by atoms with Gasteiger partial charge in [0.1, 0.15) is 6.42 Å². The topological polar surface area (TPSA) is 49.4 Å². The van der Waals surface area contributed by atoms with Gasteiger partial charge < -0.3 is 10.2 Å². The minimum atomic E-state index is -0.197. The molecule has 1 N–H and O–H groups in total. The van der Waals surface area contributed by atoms with E-state index in [2.05, 4.69) is 5.32 Å². The quantitative estimate of drug-likeness (QED) is 0.836. The van der Waals surface area contributed by atoms with Crippen LogP contribution in [0.15, 0.2) is 24.3 Å². The number of amides is 2. The Labute approximate surface area is 113 Å². The fourth-order valence-corrected chi connectivity index (χ4v) is 2.18. The number of carbonyl (C=O) groups excluding carboxylic acids is 2. The van der Waals surface area contributed by atoms with Crippen LogP contribution in [0.4, 0.5) is 0 Å². The zero-order chi connectivity index (χ0) is 13.7. The number of carbonyl (C=O) groups is 2. The Hall–Kier alpha value is -1.84. The molecule has 0 aliphatic carbocycles. The number of benzene rings is 1. The molecule has 0 atom stereocenters. The molecule has 0 spiro atoms. The predicted molar refractivity (Wildman–Crippen MR) is 73.5 cm³/mol. The Morgan fingerprint density at radius 3 is 2.42 bits per heavy atom. The smallest absolute Gasteiger partial charge is 0.232 e. The standard InChI is InChI=1S/C15H20N2O2/c1-12-4-6-13(7-5-12)11-16-14(18)10-15(19)17-8-2-3-9-17/h4-7H,2-3,8-11H2,1H3,(H,16,18). The van der Waals surface area contributed by atoms with Gasteiger partial charge in [0.25, 0.3) is 0 Å². The summed E-state index contributed by atoms with van der Waals surface area (Å²) in [5.41, 5.74) is 2.24. The number of hydrogen-bond donors (Lipinski definition) is 1. The zero-order valence-corrected chi connectivity index (χ0v) is 11.3. The molecule has 1 fully saturated rings. The van der Waals surface area contributed by atoms with Crippen LogP contribution in [0.1, 0.15) is 30.4 Å². The highest BCUT2D eigenvalue weighted by Gasteiger charge is 2.20. The molecule has 0 radical (unpaired) electrons. The van der Waals surface area contributed by atoms with Crippen LogP contribution in [0, 0.1) is 6.92 Å². The lowest BCUT2D eigenvalue weighted by atomic mass is 10.1. The molecule has 1 aliphatic rings. The molecule has 2 amide bonds. The molecule has 0 aromatic heterocycles. The second-order valence-corrected chi connectivity index (χ2v) is 5.03. The van der Waals surface area contributed by atoms with Gasteiger partial charge in [-0.3, -0.25) is 9.59 Å². The molecule has 4 nitrogen and oxygen atoms in total. The van der Waals surface area contributed by atoms with Gasteiger partial charge in [0, 0.05) is 19.6 Å². The zero-order valence-electron chi connectivity index (χ0n) is 11.3. The van der Waals surface area contributed by atoms with E-state index in [-0.39, 0.29) is 18.2 Å². The number of aryl methyl sites for hydroxylation is 1. The second-order valence-electron chi connectivity index (χ2n) is 5.03. The highest BCUT2D eigenvalue weighted by molar-refractivity contribution is 5.96. The number of likely N-dealkylation sites (tertiary alicyclic amines) is 1. The van der Waals surface area contributed by atoms with Crippen LogP contribution in [0.25, 0.3) is 0 Å². The van der Waals surface area contributed by atoms with Crippen molar-refractivity contribution in [3.63, 3.8) is 0 Å². The highest BCUT2D eigenvalue weighted by Crippen LogP contribution is 2.09. The van der Waals surface area contributed by atoms with Crippen molar-refractivity contribution in [3.05, 3.63) is 35.4 Å². The minimum Gasteiger partial charge on any atom is -0.352 e. The van der Waals surface area contributed by atoms with Crippen LogP contribution in [-0.2, 0) is 16.1 Å². The maximum atomic E-state index is 11.8. The first-order valence-electron chi connectivity index (χ1n) is 6.75. The van der Waals surface area contributed by atoms with Crippen LogP contribution in [0.2, 0.25) is 0 Å². The maximum absolute atomic E-state index is 11.8. The Morgan fingerprint density at radius 1 is 1.16 bits per heavy atom. The molecule has 1 aromatic rings. The molecule has 1 heterocycles. The third kappa shape index (κ3) is 4.09. The van der Waals surface area contributed by atoms with Gasteiger partial charge in [0.2, 0.25) is 11.8 Å². The van der Waals surface area contributed by atoms with E-state index >= 15 is 0 Å². The van der Waals surface area contributed by atoms with Crippen LogP contribution >= 0.6 is 0 Å². The van der Waals surface area contributed by atoms with E-state index in [4.69, 9.17) is 0 Å². The molecule has 1 aliphatic heterocycles. The van der Waals surface area contributed by atoms with Gasteiger partial charge in [-0.25, -0.2) is 0 Å². The van der Waals surface area contributed by atoms with Crippen molar-refractivity contribution in [3.8, 4) is 0 Å². The largest absolute Gasteiger partial charge is 0.352 e. The summed E-state index contributed by atoms with van der Waals surface area (Å²) in [6.45, 7) is 4.09. The Balaban J connectivity index is 1.75. The molecular weight excluding hydrogens is 240 g/mol. The summed E-state index contributed by atoms with van der Waals surface area (Å²) in [6, 6.07) is 7.99. The summed E-state index contributed by atoms with van der Waals surface area (Å²) in [5, 5.41) is 2.79. The summed E-state index contributed by atoms with van der Waals surface area (Å²) in [5.74, 6) is -0.253. The van der Waals surface area contributed by atoms with E-state index in [0.29, 0.717) is 6.54 Å². The first kappa shape index (κ1) is 13.6. The van der Waals surface area contributed by atoms with Crippen molar-refractivity contribution >= 4 is 11.8 Å². The van der Waals surface area contributed by atoms with E-state index in [9.17, 15) is 9.59 Å². The lowest BCUT2D eigenvalue weighted by Crippen LogP contribution is -2.33. The van der Waals surface area contributed by atoms with E-state index in [0.717, 1.165) is 31.5 Å². The summed E-state index contributed by atoms with van der Waals surface area (Å²) in [4.78, 5) is 25.2. The minimum absolute atomic E-state index is 0.0359. The van der Waals surface area contributed by atoms with Crippen molar-refractivity contribution in [2.75, 3.05) is 13.1 Å². The van der Waals surface area contributed by atoms with Crippen molar-refractivity contribution in [1.29, 1.82) is 0 Å². The lowest BCUT2D eigenvalue weighted by molar-refractivity contribution is -0.135. The fraction of sp³-hybridized carbons (Fsp3) is 0.467. The molecule has 1 aromatic carbocycles. The van der Waals surface area contributed by atoms with E-state index in [1.807, 2.05) is 31.2 Å². The van der Waals surface area contributed by atoms with Crippen molar-refractivity contribution in [2.24, 2.45) is 0 Å². The second kappa shape index (κ2) is 6.36. The number of rotatable bonds is 4. The fourth-order valence-electron chi connectivity index (χ4n) is 2.18. The highest BCUT2D eigenvalue weighted by atomic mass is 16.2. The average molecular weight is 260 g/mol. The van der Waals surface area contributed by atoms with Gasteiger partial charge >= 0.3 is 0 Å². The first-order valence-corrected chi connectivity index (χ1v) is 6.75.